The molecule has 1 aliphatic rings. The van der Waals surface area contributed by atoms with Gasteiger partial charge in [-0.15, -0.1) is 0 Å². The maximum atomic E-state index is 12.1. The third-order valence-electron chi connectivity index (χ3n) is 2.88. The van der Waals surface area contributed by atoms with E-state index in [9.17, 15) is 13.2 Å². The Morgan fingerprint density at radius 1 is 1.35 bits per heavy atom. The molecule has 17 heavy (non-hydrogen) atoms. The lowest BCUT2D eigenvalue weighted by Gasteiger charge is -2.36. The van der Waals surface area contributed by atoms with Crippen LogP contribution in [0.4, 0.5) is 0 Å². The number of rotatable bonds is 3. The average Bonchev–Trinajstić information content (AvgIpc) is 2.14. The van der Waals surface area contributed by atoms with Crippen molar-refractivity contribution in [3.63, 3.8) is 0 Å². The fourth-order valence-corrected chi connectivity index (χ4v) is 3.37. The predicted molar refractivity (Wildman–Crippen MR) is 61.1 cm³/mol. The number of carboxylic acid groups (broad SMARTS) is 1. The van der Waals surface area contributed by atoms with Gasteiger partial charge in [0.25, 0.3) is 0 Å². The molecule has 2 rings (SSSR count). The first-order valence-corrected chi connectivity index (χ1v) is 6.68. The zero-order chi connectivity index (χ0) is 12.6. The second kappa shape index (κ2) is 4.12. The summed E-state index contributed by atoms with van der Waals surface area (Å²) >= 11 is 0. The predicted octanol–water partition coefficient (Wildman–Crippen LogP) is 0.843. The molecule has 0 aliphatic carbocycles. The van der Waals surface area contributed by atoms with E-state index < -0.39 is 22.0 Å². The van der Waals surface area contributed by atoms with Crippen LogP contribution in [0.15, 0.2) is 29.2 Å². The molecule has 0 bridgehead atoms. The number of hydrogen-bond donors (Lipinski definition) is 1. The topological polar surface area (TPSA) is 74.7 Å². The number of carboxylic acids is 1. The molecule has 0 radical (unpaired) electrons. The van der Waals surface area contributed by atoms with Crippen molar-refractivity contribution in [3.8, 4) is 0 Å². The molecule has 1 atom stereocenters. The van der Waals surface area contributed by atoms with E-state index in [1.54, 1.807) is 12.1 Å². The Kier molecular flexibility index (Phi) is 2.92. The Balaban J connectivity index is 2.31. The number of benzene rings is 1. The largest absolute Gasteiger partial charge is 0.480 e. The third kappa shape index (κ3) is 2.05. The summed E-state index contributed by atoms with van der Waals surface area (Å²) in [7, 11) is -3.66. The fourth-order valence-electron chi connectivity index (χ4n) is 1.74. The summed E-state index contributed by atoms with van der Waals surface area (Å²) in [4.78, 5) is 11.0. The Hall–Kier alpha value is -1.40. The Labute approximate surface area is 99.7 Å². The molecule has 1 heterocycles. The lowest BCUT2D eigenvalue weighted by atomic mass is 10.1. The molecule has 5 nitrogen and oxygen atoms in total. The molecular weight excluding hydrogens is 242 g/mol. The number of sulfonamides is 1. The molecule has 0 aromatic heterocycles. The van der Waals surface area contributed by atoms with Gasteiger partial charge in [0, 0.05) is 6.54 Å². The van der Waals surface area contributed by atoms with E-state index in [1.165, 1.54) is 12.1 Å². The van der Waals surface area contributed by atoms with E-state index in [1.807, 2.05) is 6.92 Å². The zero-order valence-corrected chi connectivity index (χ0v) is 10.1. The summed E-state index contributed by atoms with van der Waals surface area (Å²) in [5.41, 5.74) is 0.961. The van der Waals surface area contributed by atoms with Crippen molar-refractivity contribution in [2.45, 2.75) is 24.3 Å². The van der Waals surface area contributed by atoms with E-state index in [4.69, 9.17) is 5.11 Å². The monoisotopic (exact) mass is 255 g/mol. The third-order valence-corrected chi connectivity index (χ3v) is 4.81. The van der Waals surface area contributed by atoms with Crippen LogP contribution in [0.25, 0.3) is 0 Å². The molecule has 1 N–H and O–H groups in total. The number of hydrogen-bond acceptors (Lipinski definition) is 3. The van der Waals surface area contributed by atoms with Crippen molar-refractivity contribution in [2.75, 3.05) is 6.54 Å². The second-order valence-corrected chi connectivity index (χ2v) is 5.96. The molecule has 1 saturated heterocycles. The summed E-state index contributed by atoms with van der Waals surface area (Å²) in [6.45, 7) is 2.13. The minimum absolute atomic E-state index is 0.147. The molecular formula is C11H13NO4S. The minimum Gasteiger partial charge on any atom is -0.480 e. The lowest BCUT2D eigenvalue weighted by Crippen LogP contribution is -2.54. The Bertz CT molecular complexity index is 535. The van der Waals surface area contributed by atoms with Gasteiger partial charge in [-0.25, -0.2) is 8.42 Å². The van der Waals surface area contributed by atoms with Crippen LogP contribution >= 0.6 is 0 Å². The van der Waals surface area contributed by atoms with Crippen molar-refractivity contribution in [2.24, 2.45) is 0 Å². The molecule has 1 fully saturated rings. The summed E-state index contributed by atoms with van der Waals surface area (Å²) in [6.07, 6.45) is 0.375. The first-order chi connectivity index (χ1) is 7.93. The summed E-state index contributed by atoms with van der Waals surface area (Å²) < 4.78 is 25.2. The molecule has 0 unspecified atom stereocenters. The molecule has 92 valence electrons. The quantitative estimate of drug-likeness (QED) is 0.868. The molecule has 0 saturated carbocycles. The van der Waals surface area contributed by atoms with Crippen molar-refractivity contribution < 1.29 is 18.3 Å². The smallest absolute Gasteiger partial charge is 0.322 e. The van der Waals surface area contributed by atoms with Crippen molar-refractivity contribution >= 4 is 16.0 Å². The summed E-state index contributed by atoms with van der Waals surface area (Å²) in [6, 6.07) is 5.48. The number of aliphatic carboxylic acids is 1. The Morgan fingerprint density at radius 3 is 2.35 bits per heavy atom. The minimum atomic E-state index is -3.66. The van der Waals surface area contributed by atoms with Crippen LogP contribution in [0.5, 0.6) is 0 Å². The summed E-state index contributed by atoms with van der Waals surface area (Å²) in [5.74, 6) is -1.09. The van der Waals surface area contributed by atoms with Crippen molar-refractivity contribution in [1.29, 1.82) is 0 Å². The molecule has 0 spiro atoms. The van der Waals surface area contributed by atoms with Crippen LogP contribution in [0, 0.1) is 6.92 Å². The zero-order valence-electron chi connectivity index (χ0n) is 9.33. The van der Waals surface area contributed by atoms with Crippen LogP contribution in [0.3, 0.4) is 0 Å². The summed E-state index contributed by atoms with van der Waals surface area (Å²) in [5, 5.41) is 8.85. The lowest BCUT2D eigenvalue weighted by molar-refractivity contribution is -0.144. The first kappa shape index (κ1) is 12.1. The van der Waals surface area contributed by atoms with E-state index in [2.05, 4.69) is 0 Å². The van der Waals surface area contributed by atoms with Crippen LogP contribution in [0.2, 0.25) is 0 Å². The molecule has 0 amide bonds. The standard InChI is InChI=1S/C11H13NO4S/c1-8-2-4-9(5-3-8)17(15,16)12-7-6-10(12)11(13)14/h2-5,10H,6-7H2,1H3,(H,13,14)/t10-/m1/s1. The van der Waals surface area contributed by atoms with Crippen molar-refractivity contribution in [1.82, 2.24) is 4.31 Å². The fraction of sp³-hybridized carbons (Fsp3) is 0.364. The molecule has 1 aliphatic heterocycles. The van der Waals surface area contributed by atoms with Gasteiger partial charge in [0.2, 0.25) is 10.0 Å². The van der Waals surface area contributed by atoms with Gasteiger partial charge in [0.05, 0.1) is 4.90 Å². The van der Waals surface area contributed by atoms with Gasteiger partial charge in [-0.1, -0.05) is 17.7 Å². The van der Waals surface area contributed by atoms with Crippen LogP contribution in [0.1, 0.15) is 12.0 Å². The van der Waals surface area contributed by atoms with Gasteiger partial charge in [-0.05, 0) is 25.5 Å². The van der Waals surface area contributed by atoms with Gasteiger partial charge < -0.3 is 5.11 Å². The highest BCUT2D eigenvalue weighted by Crippen LogP contribution is 2.27. The highest BCUT2D eigenvalue weighted by Gasteiger charge is 2.42. The SMILES string of the molecule is Cc1ccc(S(=O)(=O)N2CC[C@@H]2C(=O)O)cc1. The van der Waals surface area contributed by atoms with E-state index >= 15 is 0 Å². The number of aryl methyl sites for hydroxylation is 1. The van der Waals surface area contributed by atoms with E-state index in [0.717, 1.165) is 9.87 Å². The van der Waals surface area contributed by atoms with Crippen LogP contribution in [-0.2, 0) is 14.8 Å². The van der Waals surface area contributed by atoms with Gasteiger partial charge in [-0.2, -0.15) is 4.31 Å². The van der Waals surface area contributed by atoms with Gasteiger partial charge in [0.15, 0.2) is 0 Å². The van der Waals surface area contributed by atoms with Gasteiger partial charge in [0.1, 0.15) is 6.04 Å². The Morgan fingerprint density at radius 2 is 1.94 bits per heavy atom. The highest BCUT2D eigenvalue weighted by molar-refractivity contribution is 7.89. The first-order valence-electron chi connectivity index (χ1n) is 5.24. The maximum Gasteiger partial charge on any atom is 0.322 e. The number of nitrogens with zero attached hydrogens (tertiary/aromatic N) is 1. The van der Waals surface area contributed by atoms with E-state index in [0.29, 0.717) is 6.42 Å². The second-order valence-electron chi connectivity index (χ2n) is 4.07. The highest BCUT2D eigenvalue weighted by atomic mass is 32.2. The van der Waals surface area contributed by atoms with Gasteiger partial charge >= 0.3 is 5.97 Å². The molecule has 6 heteroatoms. The van der Waals surface area contributed by atoms with Crippen LogP contribution < -0.4 is 0 Å². The number of carbonyl (C=O) groups is 1. The maximum absolute atomic E-state index is 12.1. The van der Waals surface area contributed by atoms with E-state index in [-0.39, 0.29) is 11.4 Å². The van der Waals surface area contributed by atoms with Gasteiger partial charge in [-0.3, -0.25) is 4.79 Å². The molecule has 1 aromatic rings. The molecule has 1 aromatic carbocycles. The van der Waals surface area contributed by atoms with Crippen molar-refractivity contribution in [3.05, 3.63) is 29.8 Å². The average molecular weight is 255 g/mol. The van der Waals surface area contributed by atoms with Crippen LogP contribution in [-0.4, -0.2) is 36.4 Å². The normalized spacial score (nSPS) is 20.9.